The van der Waals surface area contributed by atoms with Gasteiger partial charge in [-0.15, -0.1) is 0 Å². The van der Waals surface area contributed by atoms with Crippen LogP contribution in [0.15, 0.2) is 66.1 Å². The van der Waals surface area contributed by atoms with Gasteiger partial charge in [-0.1, -0.05) is 30.9 Å². The van der Waals surface area contributed by atoms with E-state index in [0.29, 0.717) is 10.6 Å². The number of hydrogen-bond acceptors (Lipinski definition) is 4. The SMILES string of the molecule is C=CCOc1ccc(F)c(C(=O)NN[S+]([O-])c2ccccc2)c1. The molecule has 1 atom stereocenters. The molecule has 2 aromatic rings. The second kappa shape index (κ2) is 8.33. The van der Waals surface area contributed by atoms with Gasteiger partial charge in [-0.3, -0.25) is 4.79 Å². The molecule has 0 aliphatic rings. The number of rotatable bonds is 7. The second-order valence-corrected chi connectivity index (χ2v) is 5.59. The Labute approximate surface area is 136 Å². The third-order valence-electron chi connectivity index (χ3n) is 2.76. The van der Waals surface area contributed by atoms with Crippen molar-refractivity contribution in [2.75, 3.05) is 6.61 Å². The molecule has 0 spiro atoms. The fourth-order valence-corrected chi connectivity index (χ4v) is 2.39. The minimum atomic E-state index is -1.64. The molecule has 23 heavy (non-hydrogen) atoms. The molecule has 2 N–H and O–H groups in total. The Morgan fingerprint density at radius 2 is 2.04 bits per heavy atom. The first kappa shape index (κ1) is 17.0. The highest BCUT2D eigenvalue weighted by Gasteiger charge is 2.16. The minimum absolute atomic E-state index is 0.218. The smallest absolute Gasteiger partial charge is 0.271 e. The summed E-state index contributed by atoms with van der Waals surface area (Å²) >= 11 is -1.64. The quantitative estimate of drug-likeness (QED) is 0.463. The standard InChI is InChI=1S/C16H15FN2O3S/c1-2-10-22-12-8-9-15(17)14(11-12)16(20)18-19-23(21)13-6-4-3-5-7-13/h2-9,11,19H,1,10H2,(H,18,20). The molecule has 7 heteroatoms. The van der Waals surface area contributed by atoms with Gasteiger partial charge in [0.15, 0.2) is 4.90 Å². The van der Waals surface area contributed by atoms with Gasteiger partial charge in [0, 0.05) is 0 Å². The van der Waals surface area contributed by atoms with Crippen LogP contribution < -0.4 is 15.0 Å². The van der Waals surface area contributed by atoms with E-state index in [2.05, 4.69) is 16.8 Å². The number of ether oxygens (including phenoxy) is 1. The van der Waals surface area contributed by atoms with Crippen molar-refractivity contribution in [1.29, 1.82) is 0 Å². The van der Waals surface area contributed by atoms with Gasteiger partial charge in [0.25, 0.3) is 5.91 Å². The van der Waals surface area contributed by atoms with Crippen molar-refractivity contribution in [2.24, 2.45) is 0 Å². The van der Waals surface area contributed by atoms with Gasteiger partial charge in [-0.2, -0.15) is 0 Å². The molecule has 0 aromatic heterocycles. The molecule has 0 bridgehead atoms. The fraction of sp³-hybridized carbons (Fsp3) is 0.0625. The van der Waals surface area contributed by atoms with E-state index in [1.54, 1.807) is 30.3 Å². The van der Waals surface area contributed by atoms with Gasteiger partial charge in [0.1, 0.15) is 18.2 Å². The molecule has 0 radical (unpaired) electrons. The lowest BCUT2D eigenvalue weighted by atomic mass is 10.2. The van der Waals surface area contributed by atoms with Crippen molar-refractivity contribution in [3.05, 3.63) is 72.6 Å². The van der Waals surface area contributed by atoms with Gasteiger partial charge >= 0.3 is 0 Å². The highest BCUT2D eigenvalue weighted by Crippen LogP contribution is 2.17. The summed E-state index contributed by atoms with van der Waals surface area (Å²) in [6.07, 6.45) is 1.54. The maximum Gasteiger partial charge on any atom is 0.271 e. The predicted octanol–water partition coefficient (Wildman–Crippen LogP) is 2.35. The molecule has 2 rings (SSSR count). The summed E-state index contributed by atoms with van der Waals surface area (Å²) in [6, 6.07) is 12.3. The topological polar surface area (TPSA) is 73.4 Å². The monoisotopic (exact) mass is 334 g/mol. The predicted molar refractivity (Wildman–Crippen MR) is 85.5 cm³/mol. The molecule has 120 valence electrons. The van der Waals surface area contributed by atoms with Crippen LogP contribution in [-0.2, 0) is 11.4 Å². The van der Waals surface area contributed by atoms with Crippen molar-refractivity contribution in [2.45, 2.75) is 4.90 Å². The van der Waals surface area contributed by atoms with Crippen molar-refractivity contribution < 1.29 is 18.5 Å². The maximum atomic E-state index is 13.7. The Morgan fingerprint density at radius 1 is 1.30 bits per heavy atom. The second-order valence-electron chi connectivity index (χ2n) is 4.38. The molecule has 2 aromatic carbocycles. The van der Waals surface area contributed by atoms with Gasteiger partial charge in [-0.25, -0.2) is 9.82 Å². The summed E-state index contributed by atoms with van der Waals surface area (Å²) in [7, 11) is 0. The molecule has 1 amide bonds. The first-order chi connectivity index (χ1) is 11.1. The van der Waals surface area contributed by atoms with Crippen LogP contribution >= 0.6 is 0 Å². The van der Waals surface area contributed by atoms with Crippen LogP contribution in [-0.4, -0.2) is 17.1 Å². The summed E-state index contributed by atoms with van der Waals surface area (Å²) in [6.45, 7) is 3.75. The van der Waals surface area contributed by atoms with E-state index in [-0.39, 0.29) is 12.2 Å². The van der Waals surface area contributed by atoms with E-state index in [1.807, 2.05) is 0 Å². The van der Waals surface area contributed by atoms with Crippen LogP contribution in [0, 0.1) is 5.82 Å². The van der Waals surface area contributed by atoms with Gasteiger partial charge in [0.2, 0.25) is 0 Å². The molecule has 0 fully saturated rings. The maximum absolute atomic E-state index is 13.7. The van der Waals surface area contributed by atoms with Crippen LogP contribution in [0.2, 0.25) is 0 Å². The van der Waals surface area contributed by atoms with Gasteiger partial charge in [0.05, 0.1) is 16.9 Å². The normalized spacial score (nSPS) is 11.6. The summed E-state index contributed by atoms with van der Waals surface area (Å²) in [5.74, 6) is -1.13. The Kier molecular flexibility index (Phi) is 6.16. The molecule has 0 saturated heterocycles. The van der Waals surface area contributed by atoms with Crippen LogP contribution in [0.3, 0.4) is 0 Å². The van der Waals surface area contributed by atoms with Crippen molar-refractivity contribution in [3.63, 3.8) is 0 Å². The van der Waals surface area contributed by atoms with Crippen LogP contribution in [0.4, 0.5) is 4.39 Å². The average Bonchev–Trinajstić information content (AvgIpc) is 2.59. The molecule has 1 unspecified atom stereocenters. The van der Waals surface area contributed by atoms with Crippen molar-refractivity contribution in [3.8, 4) is 5.75 Å². The van der Waals surface area contributed by atoms with Gasteiger partial charge < -0.3 is 9.29 Å². The highest BCUT2D eigenvalue weighted by atomic mass is 32.2. The third kappa shape index (κ3) is 4.82. The summed E-state index contributed by atoms with van der Waals surface area (Å²) in [5, 5.41) is 0. The number of hydrogen-bond donors (Lipinski definition) is 2. The van der Waals surface area contributed by atoms with E-state index in [1.165, 1.54) is 18.2 Å². The van der Waals surface area contributed by atoms with E-state index in [9.17, 15) is 13.7 Å². The zero-order valence-electron chi connectivity index (χ0n) is 12.1. The Hall–Kier alpha value is -2.35. The largest absolute Gasteiger partial charge is 0.592 e. The van der Waals surface area contributed by atoms with E-state index < -0.39 is 23.1 Å². The lowest BCUT2D eigenvalue weighted by molar-refractivity contribution is 0.0940. The fourth-order valence-electron chi connectivity index (χ4n) is 1.69. The van der Waals surface area contributed by atoms with E-state index >= 15 is 0 Å². The molecular formula is C16H15FN2O3S. The zero-order chi connectivity index (χ0) is 16.7. The number of amides is 1. The average molecular weight is 334 g/mol. The van der Waals surface area contributed by atoms with Gasteiger partial charge in [-0.05, 0) is 35.2 Å². The first-order valence-corrected chi connectivity index (χ1v) is 7.83. The molecular weight excluding hydrogens is 319 g/mol. The number of hydrazine groups is 1. The summed E-state index contributed by atoms with van der Waals surface area (Å²) in [4.78, 5) is 14.8. The van der Waals surface area contributed by atoms with Crippen molar-refractivity contribution >= 4 is 17.3 Å². The van der Waals surface area contributed by atoms with Crippen LogP contribution in [0.5, 0.6) is 5.75 Å². The van der Waals surface area contributed by atoms with Crippen LogP contribution in [0.25, 0.3) is 0 Å². The number of carbonyl (C=O) groups excluding carboxylic acids is 1. The Bertz CT molecular complexity index is 682. The zero-order valence-corrected chi connectivity index (χ0v) is 12.9. The number of nitrogens with one attached hydrogen (secondary N) is 2. The van der Waals surface area contributed by atoms with Crippen molar-refractivity contribution in [1.82, 2.24) is 10.3 Å². The molecule has 5 nitrogen and oxygen atoms in total. The Balaban J connectivity index is 2.01. The molecule has 0 aliphatic heterocycles. The number of benzene rings is 2. The van der Waals surface area contributed by atoms with E-state index in [0.717, 1.165) is 6.07 Å². The lowest BCUT2D eigenvalue weighted by Crippen LogP contribution is -2.41. The highest BCUT2D eigenvalue weighted by molar-refractivity contribution is 7.89. The molecule has 0 heterocycles. The summed E-state index contributed by atoms with van der Waals surface area (Å²) < 4.78 is 30.9. The molecule has 0 saturated carbocycles. The third-order valence-corrected chi connectivity index (χ3v) is 3.75. The first-order valence-electron chi connectivity index (χ1n) is 6.68. The van der Waals surface area contributed by atoms with Crippen LogP contribution in [0.1, 0.15) is 10.4 Å². The van der Waals surface area contributed by atoms with E-state index in [4.69, 9.17) is 4.74 Å². The lowest BCUT2D eigenvalue weighted by Gasteiger charge is -2.12. The summed E-state index contributed by atoms with van der Waals surface area (Å²) in [5.41, 5.74) is 2.00. The minimum Gasteiger partial charge on any atom is -0.592 e. The number of carbonyl (C=O) groups is 1. The molecule has 0 aliphatic carbocycles. The Morgan fingerprint density at radius 3 is 2.74 bits per heavy atom. The number of halogens is 1.